The van der Waals surface area contributed by atoms with Gasteiger partial charge in [0.2, 0.25) is 0 Å². The first-order chi connectivity index (χ1) is 10.1. The number of benzene rings is 1. The fraction of sp³-hybridized carbons (Fsp3) is 0.533. The van der Waals surface area contributed by atoms with E-state index in [4.69, 9.17) is 16.3 Å². The van der Waals surface area contributed by atoms with E-state index in [1.807, 2.05) is 6.07 Å². The molecule has 1 aliphatic heterocycles. The molecule has 0 spiro atoms. The number of piperidine rings is 1. The highest BCUT2D eigenvalue weighted by molar-refractivity contribution is 9.10. The van der Waals surface area contributed by atoms with E-state index in [-0.39, 0.29) is 24.9 Å². The van der Waals surface area contributed by atoms with Gasteiger partial charge in [0.1, 0.15) is 5.75 Å². The smallest absolute Gasteiger partial charge is 0.257 e. The highest BCUT2D eigenvalue weighted by Crippen LogP contribution is 2.27. The van der Waals surface area contributed by atoms with Crippen molar-refractivity contribution >= 4 is 45.8 Å². The largest absolute Gasteiger partial charge is 0.482 e. The molecule has 7 heteroatoms. The van der Waals surface area contributed by atoms with Crippen molar-refractivity contribution in [2.24, 2.45) is 5.92 Å². The number of hydrogen-bond acceptors (Lipinski definition) is 3. The van der Waals surface area contributed by atoms with Crippen molar-refractivity contribution in [1.29, 1.82) is 0 Å². The number of carbonyl (C=O) groups is 1. The van der Waals surface area contributed by atoms with Crippen LogP contribution in [0.15, 0.2) is 22.7 Å². The molecule has 1 aromatic rings. The molecule has 4 nitrogen and oxygen atoms in total. The average molecular weight is 412 g/mol. The zero-order chi connectivity index (χ0) is 15.1. The molecule has 0 saturated carbocycles. The Kier molecular flexibility index (Phi) is 9.17. The van der Waals surface area contributed by atoms with E-state index in [2.05, 4.69) is 26.6 Å². The van der Waals surface area contributed by atoms with E-state index in [9.17, 15) is 4.79 Å². The van der Waals surface area contributed by atoms with Crippen molar-refractivity contribution in [2.75, 3.05) is 26.2 Å². The van der Waals surface area contributed by atoms with Crippen LogP contribution in [0.2, 0.25) is 5.02 Å². The summed E-state index contributed by atoms with van der Waals surface area (Å²) in [5.74, 6) is 1.07. The Morgan fingerprint density at radius 3 is 3.00 bits per heavy atom. The summed E-state index contributed by atoms with van der Waals surface area (Å²) in [5.41, 5.74) is 0. The van der Waals surface area contributed by atoms with Crippen LogP contribution in [0.3, 0.4) is 0 Å². The summed E-state index contributed by atoms with van der Waals surface area (Å²) in [6, 6.07) is 5.31. The van der Waals surface area contributed by atoms with Crippen LogP contribution in [0.25, 0.3) is 0 Å². The lowest BCUT2D eigenvalue weighted by molar-refractivity contribution is -0.123. The van der Waals surface area contributed by atoms with Crippen LogP contribution in [-0.2, 0) is 4.79 Å². The van der Waals surface area contributed by atoms with E-state index in [1.165, 1.54) is 12.8 Å². The topological polar surface area (TPSA) is 50.4 Å². The molecule has 2 rings (SSSR count). The van der Waals surface area contributed by atoms with Crippen LogP contribution < -0.4 is 15.4 Å². The molecule has 0 aromatic heterocycles. The third kappa shape index (κ3) is 6.73. The molecule has 1 aromatic carbocycles. The third-order valence-electron chi connectivity index (χ3n) is 3.53. The summed E-state index contributed by atoms with van der Waals surface area (Å²) < 4.78 is 6.30. The van der Waals surface area contributed by atoms with Gasteiger partial charge in [-0.1, -0.05) is 27.5 Å². The summed E-state index contributed by atoms with van der Waals surface area (Å²) in [4.78, 5) is 11.7. The molecule has 1 unspecified atom stereocenters. The predicted octanol–water partition coefficient (Wildman–Crippen LogP) is 3.41. The Labute approximate surface area is 150 Å². The molecule has 2 N–H and O–H groups in total. The average Bonchev–Trinajstić information content (AvgIpc) is 2.47. The van der Waals surface area contributed by atoms with E-state index < -0.39 is 0 Å². The number of amides is 1. The van der Waals surface area contributed by atoms with Gasteiger partial charge >= 0.3 is 0 Å². The zero-order valence-electron chi connectivity index (χ0n) is 12.2. The molecule has 1 saturated heterocycles. The van der Waals surface area contributed by atoms with Gasteiger partial charge in [-0.05, 0) is 56.5 Å². The fourth-order valence-electron chi connectivity index (χ4n) is 2.37. The summed E-state index contributed by atoms with van der Waals surface area (Å²) in [5, 5.41) is 6.75. The van der Waals surface area contributed by atoms with Crippen LogP contribution in [0.1, 0.15) is 19.3 Å². The number of ether oxygens (including phenoxy) is 1. The van der Waals surface area contributed by atoms with Gasteiger partial charge in [-0.3, -0.25) is 4.79 Å². The lowest BCUT2D eigenvalue weighted by atomic mass is 9.96. The van der Waals surface area contributed by atoms with Crippen LogP contribution in [0.5, 0.6) is 5.75 Å². The normalized spacial score (nSPS) is 17.5. The molecule has 124 valence electrons. The van der Waals surface area contributed by atoms with Gasteiger partial charge in [-0.2, -0.15) is 0 Å². The molecule has 22 heavy (non-hydrogen) atoms. The molecule has 1 heterocycles. The second-order valence-corrected chi connectivity index (χ2v) is 6.54. The summed E-state index contributed by atoms with van der Waals surface area (Å²) >= 11 is 9.35. The Bertz CT molecular complexity index is 483. The molecule has 1 aliphatic rings. The number of rotatable bonds is 6. The van der Waals surface area contributed by atoms with E-state index in [1.54, 1.807) is 12.1 Å². The third-order valence-corrected chi connectivity index (χ3v) is 4.32. The minimum atomic E-state index is -0.113. The second kappa shape index (κ2) is 10.3. The van der Waals surface area contributed by atoms with Gasteiger partial charge < -0.3 is 15.4 Å². The zero-order valence-corrected chi connectivity index (χ0v) is 15.4. The molecular formula is C15H21BrCl2N2O2. The summed E-state index contributed by atoms with van der Waals surface area (Å²) in [7, 11) is 0. The molecule has 0 radical (unpaired) electrons. The quantitative estimate of drug-likeness (QED) is 0.753. The monoisotopic (exact) mass is 410 g/mol. The van der Waals surface area contributed by atoms with Crippen LogP contribution in [0, 0.1) is 5.92 Å². The van der Waals surface area contributed by atoms with Crippen molar-refractivity contribution in [3.63, 3.8) is 0 Å². The molecule has 0 bridgehead atoms. The SMILES string of the molecule is Cl.O=C(COc1ccc(Br)cc1Cl)NCCC1CCCNC1. The van der Waals surface area contributed by atoms with Crippen LogP contribution in [0.4, 0.5) is 0 Å². The van der Waals surface area contributed by atoms with Crippen molar-refractivity contribution in [3.8, 4) is 5.75 Å². The highest BCUT2D eigenvalue weighted by atomic mass is 79.9. The van der Waals surface area contributed by atoms with Crippen LogP contribution in [-0.4, -0.2) is 32.1 Å². The molecule has 1 atom stereocenters. The van der Waals surface area contributed by atoms with Gasteiger partial charge in [-0.15, -0.1) is 12.4 Å². The number of hydrogen-bond donors (Lipinski definition) is 2. The Balaban J connectivity index is 0.00000242. The minimum Gasteiger partial charge on any atom is -0.482 e. The van der Waals surface area contributed by atoms with E-state index in [0.29, 0.717) is 23.2 Å². The van der Waals surface area contributed by atoms with E-state index in [0.717, 1.165) is 24.0 Å². The summed E-state index contributed by atoms with van der Waals surface area (Å²) in [6.07, 6.45) is 3.48. The lowest BCUT2D eigenvalue weighted by Crippen LogP contribution is -2.34. The van der Waals surface area contributed by atoms with Crippen molar-refractivity contribution < 1.29 is 9.53 Å². The molecule has 1 amide bonds. The first-order valence-electron chi connectivity index (χ1n) is 7.20. The van der Waals surface area contributed by atoms with Gasteiger partial charge in [-0.25, -0.2) is 0 Å². The van der Waals surface area contributed by atoms with E-state index >= 15 is 0 Å². The minimum absolute atomic E-state index is 0. The van der Waals surface area contributed by atoms with Crippen molar-refractivity contribution in [3.05, 3.63) is 27.7 Å². The van der Waals surface area contributed by atoms with Gasteiger partial charge in [0.05, 0.1) is 5.02 Å². The van der Waals surface area contributed by atoms with Crippen molar-refractivity contribution in [1.82, 2.24) is 10.6 Å². The second-order valence-electron chi connectivity index (χ2n) is 5.21. The lowest BCUT2D eigenvalue weighted by Gasteiger charge is -2.22. The Morgan fingerprint density at radius 2 is 2.32 bits per heavy atom. The Hall–Kier alpha value is -0.490. The number of nitrogens with one attached hydrogen (secondary N) is 2. The number of carbonyl (C=O) groups excluding carboxylic acids is 1. The van der Waals surface area contributed by atoms with Crippen molar-refractivity contribution in [2.45, 2.75) is 19.3 Å². The standard InChI is InChI=1S/C15H20BrClN2O2.ClH/c16-12-3-4-14(13(17)8-12)21-10-15(20)19-7-5-11-2-1-6-18-9-11;/h3-4,8,11,18H,1-2,5-7,9-10H2,(H,19,20);1H. The first kappa shape index (κ1) is 19.6. The fourth-order valence-corrected chi connectivity index (χ4v) is 3.10. The number of halogens is 3. The van der Waals surface area contributed by atoms with Gasteiger partial charge in [0.25, 0.3) is 5.91 Å². The van der Waals surface area contributed by atoms with Gasteiger partial charge in [0.15, 0.2) is 6.61 Å². The van der Waals surface area contributed by atoms with Gasteiger partial charge in [0, 0.05) is 11.0 Å². The predicted molar refractivity (Wildman–Crippen MR) is 95.1 cm³/mol. The summed E-state index contributed by atoms with van der Waals surface area (Å²) in [6.45, 7) is 2.86. The maximum Gasteiger partial charge on any atom is 0.257 e. The first-order valence-corrected chi connectivity index (χ1v) is 8.37. The maximum atomic E-state index is 11.7. The molecular weight excluding hydrogens is 391 g/mol. The molecule has 0 aliphatic carbocycles. The molecule has 1 fully saturated rings. The Morgan fingerprint density at radius 1 is 1.50 bits per heavy atom. The highest BCUT2D eigenvalue weighted by Gasteiger charge is 2.13. The van der Waals surface area contributed by atoms with Crippen LogP contribution >= 0.6 is 39.9 Å². The maximum absolute atomic E-state index is 11.7.